The topological polar surface area (TPSA) is 83.2 Å². The maximum absolute atomic E-state index is 12.3. The first kappa shape index (κ1) is 15.7. The van der Waals surface area contributed by atoms with E-state index in [-0.39, 0.29) is 4.90 Å². The summed E-state index contributed by atoms with van der Waals surface area (Å²) in [6.45, 7) is 0.560. The number of hydrogen-bond donors (Lipinski definition) is 3. The third kappa shape index (κ3) is 3.69. The van der Waals surface area contributed by atoms with Crippen LogP contribution >= 0.6 is 11.6 Å². The highest BCUT2D eigenvalue weighted by Gasteiger charge is 2.16. The molecule has 114 valence electrons. The summed E-state index contributed by atoms with van der Waals surface area (Å²) in [6, 6.07) is 6.25. The van der Waals surface area contributed by atoms with Gasteiger partial charge in [-0.1, -0.05) is 11.6 Å². The molecule has 8 heteroatoms. The number of sulfonamides is 1. The predicted molar refractivity (Wildman–Crippen MR) is 82.4 cm³/mol. The highest BCUT2D eigenvalue weighted by Crippen LogP contribution is 2.28. The largest absolute Gasteiger partial charge is 0.495 e. The van der Waals surface area contributed by atoms with Gasteiger partial charge in [0.05, 0.1) is 17.8 Å². The normalized spacial score (nSPS) is 11.4. The molecule has 0 bridgehead atoms. The van der Waals surface area contributed by atoms with Crippen LogP contribution in [0.2, 0.25) is 5.02 Å². The first-order valence-corrected chi connectivity index (χ1v) is 8.00. The Morgan fingerprint density at radius 2 is 2.10 bits per heavy atom. The second-order valence-electron chi connectivity index (χ2n) is 4.35. The van der Waals surface area contributed by atoms with E-state index in [9.17, 15) is 8.42 Å². The minimum Gasteiger partial charge on any atom is -0.495 e. The maximum Gasteiger partial charge on any atom is 0.263 e. The number of anilines is 1. The summed E-state index contributed by atoms with van der Waals surface area (Å²) in [6.07, 6.45) is 1.45. The molecule has 0 spiro atoms. The predicted octanol–water partition coefficient (Wildman–Crippen LogP) is 2.20. The fourth-order valence-electron chi connectivity index (χ4n) is 1.80. The van der Waals surface area contributed by atoms with Crippen molar-refractivity contribution in [2.45, 2.75) is 11.4 Å². The first-order valence-electron chi connectivity index (χ1n) is 6.14. The van der Waals surface area contributed by atoms with Crippen LogP contribution in [0.1, 0.15) is 5.69 Å². The molecule has 21 heavy (non-hydrogen) atoms. The highest BCUT2D eigenvalue weighted by atomic mass is 35.5. The molecule has 2 aromatic rings. The Bertz CT molecular complexity index is 728. The van der Waals surface area contributed by atoms with E-state index in [1.54, 1.807) is 25.2 Å². The van der Waals surface area contributed by atoms with Crippen molar-refractivity contribution in [3.05, 3.63) is 41.2 Å². The summed E-state index contributed by atoms with van der Waals surface area (Å²) in [7, 11) is -0.403. The molecule has 0 unspecified atom stereocenters. The molecule has 3 N–H and O–H groups in total. The monoisotopic (exact) mass is 329 g/mol. The smallest absolute Gasteiger partial charge is 0.263 e. The van der Waals surface area contributed by atoms with Gasteiger partial charge in [-0.15, -0.1) is 0 Å². The number of nitrogens with one attached hydrogen (secondary N) is 3. The summed E-state index contributed by atoms with van der Waals surface area (Å²) in [5.74, 6) is 0.404. The molecule has 0 atom stereocenters. The van der Waals surface area contributed by atoms with Crippen molar-refractivity contribution in [1.29, 1.82) is 0 Å². The van der Waals surface area contributed by atoms with Gasteiger partial charge in [-0.2, -0.15) is 0 Å². The summed E-state index contributed by atoms with van der Waals surface area (Å²) < 4.78 is 32.1. The Labute approximate surface area is 128 Å². The molecule has 1 heterocycles. The van der Waals surface area contributed by atoms with Gasteiger partial charge in [-0.25, -0.2) is 8.42 Å². The van der Waals surface area contributed by atoms with Gasteiger partial charge in [0, 0.05) is 24.5 Å². The average molecular weight is 330 g/mol. The van der Waals surface area contributed by atoms with E-state index in [4.69, 9.17) is 16.3 Å². The van der Waals surface area contributed by atoms with Gasteiger partial charge in [0.1, 0.15) is 10.6 Å². The van der Waals surface area contributed by atoms with Crippen molar-refractivity contribution >= 4 is 27.3 Å². The van der Waals surface area contributed by atoms with E-state index < -0.39 is 10.0 Å². The van der Waals surface area contributed by atoms with Crippen LogP contribution in [0.3, 0.4) is 0 Å². The fourth-order valence-corrected chi connectivity index (χ4v) is 3.07. The molecule has 0 radical (unpaired) electrons. The van der Waals surface area contributed by atoms with Gasteiger partial charge in [-0.3, -0.25) is 4.72 Å². The number of H-pyrrole nitrogens is 1. The number of rotatable bonds is 6. The Kier molecular flexibility index (Phi) is 4.76. The van der Waals surface area contributed by atoms with Gasteiger partial charge < -0.3 is 15.0 Å². The van der Waals surface area contributed by atoms with Gasteiger partial charge >= 0.3 is 0 Å². The number of ether oxygens (including phenoxy) is 1. The summed E-state index contributed by atoms with van der Waals surface area (Å²) >= 11 is 5.91. The molecule has 0 aliphatic heterocycles. The minimum atomic E-state index is -3.66. The molecule has 0 aliphatic carbocycles. The standard InChI is InChI=1S/C13H16ClN3O3S/c1-15-7-10-5-11(8-16-10)21(18,19)17-9-3-4-12(14)13(6-9)20-2/h3-6,8,15-17H,7H2,1-2H3. The van der Waals surface area contributed by atoms with E-state index in [1.807, 2.05) is 0 Å². The van der Waals surface area contributed by atoms with Gasteiger partial charge in [0.25, 0.3) is 10.0 Å². The molecular weight excluding hydrogens is 314 g/mol. The lowest BCUT2D eigenvalue weighted by Gasteiger charge is -2.09. The molecule has 2 rings (SSSR count). The average Bonchev–Trinajstić information content (AvgIpc) is 2.91. The molecule has 0 saturated carbocycles. The fraction of sp³-hybridized carbons (Fsp3) is 0.231. The second kappa shape index (κ2) is 6.38. The zero-order valence-corrected chi connectivity index (χ0v) is 13.2. The van der Waals surface area contributed by atoms with Gasteiger partial charge in [0.2, 0.25) is 0 Å². The summed E-state index contributed by atoms with van der Waals surface area (Å²) in [4.78, 5) is 3.07. The first-order chi connectivity index (χ1) is 9.96. The van der Waals surface area contributed by atoms with E-state index >= 15 is 0 Å². The van der Waals surface area contributed by atoms with Crippen LogP contribution in [0.5, 0.6) is 5.75 Å². The van der Waals surface area contributed by atoms with Crippen molar-refractivity contribution < 1.29 is 13.2 Å². The van der Waals surface area contributed by atoms with Crippen molar-refractivity contribution in [3.8, 4) is 5.75 Å². The van der Waals surface area contributed by atoms with E-state index in [0.717, 1.165) is 5.69 Å². The lowest BCUT2D eigenvalue weighted by atomic mass is 10.3. The number of halogens is 1. The van der Waals surface area contributed by atoms with Crippen LogP contribution in [0, 0.1) is 0 Å². The van der Waals surface area contributed by atoms with Crippen LogP contribution < -0.4 is 14.8 Å². The molecule has 6 nitrogen and oxygen atoms in total. The maximum atomic E-state index is 12.3. The highest BCUT2D eigenvalue weighted by molar-refractivity contribution is 7.92. The zero-order valence-electron chi connectivity index (χ0n) is 11.6. The number of benzene rings is 1. The molecule has 0 fully saturated rings. The van der Waals surface area contributed by atoms with Crippen LogP contribution in [-0.2, 0) is 16.6 Å². The lowest BCUT2D eigenvalue weighted by molar-refractivity contribution is 0.415. The van der Waals surface area contributed by atoms with Crippen molar-refractivity contribution in [1.82, 2.24) is 10.3 Å². The molecule has 1 aromatic heterocycles. The lowest BCUT2D eigenvalue weighted by Crippen LogP contribution is -2.12. The summed E-state index contributed by atoms with van der Waals surface area (Å²) in [5, 5.41) is 3.36. The molecular formula is C13H16ClN3O3S. The zero-order chi connectivity index (χ0) is 15.5. The Hall–Kier alpha value is -1.70. The van der Waals surface area contributed by atoms with Gasteiger partial charge in [0.15, 0.2) is 0 Å². The van der Waals surface area contributed by atoms with Crippen LogP contribution in [0.25, 0.3) is 0 Å². The third-order valence-electron chi connectivity index (χ3n) is 2.80. The summed E-state index contributed by atoms with van der Waals surface area (Å²) in [5.41, 5.74) is 1.17. The number of methoxy groups -OCH3 is 1. The van der Waals surface area contributed by atoms with Crippen LogP contribution in [-0.4, -0.2) is 27.6 Å². The van der Waals surface area contributed by atoms with Crippen molar-refractivity contribution in [3.63, 3.8) is 0 Å². The minimum absolute atomic E-state index is 0.168. The van der Waals surface area contributed by atoms with E-state index in [0.29, 0.717) is 23.0 Å². The third-order valence-corrected chi connectivity index (χ3v) is 4.47. The second-order valence-corrected chi connectivity index (χ2v) is 6.44. The number of hydrogen-bond acceptors (Lipinski definition) is 4. The molecule has 0 amide bonds. The number of aromatic nitrogens is 1. The molecule has 1 aromatic carbocycles. The van der Waals surface area contributed by atoms with Crippen LogP contribution in [0.4, 0.5) is 5.69 Å². The molecule has 0 aliphatic rings. The van der Waals surface area contributed by atoms with Crippen molar-refractivity contribution in [2.24, 2.45) is 0 Å². The van der Waals surface area contributed by atoms with E-state index in [1.165, 1.54) is 19.4 Å². The van der Waals surface area contributed by atoms with Crippen LogP contribution in [0.15, 0.2) is 35.4 Å². The Morgan fingerprint density at radius 3 is 2.76 bits per heavy atom. The number of aromatic amines is 1. The van der Waals surface area contributed by atoms with Gasteiger partial charge in [-0.05, 0) is 25.2 Å². The molecule has 0 saturated heterocycles. The Balaban J connectivity index is 2.24. The van der Waals surface area contributed by atoms with Crippen molar-refractivity contribution in [2.75, 3.05) is 18.9 Å². The SMILES string of the molecule is CNCc1cc(S(=O)(=O)Nc2ccc(Cl)c(OC)c2)c[nH]1. The Morgan fingerprint density at radius 1 is 1.33 bits per heavy atom. The van der Waals surface area contributed by atoms with E-state index in [2.05, 4.69) is 15.0 Å². The quantitative estimate of drug-likeness (QED) is 0.758.